The van der Waals surface area contributed by atoms with Gasteiger partial charge in [0.1, 0.15) is 5.82 Å². The first kappa shape index (κ1) is 20.6. The molecule has 2 N–H and O–H groups in total. The van der Waals surface area contributed by atoms with Crippen LogP contribution in [0, 0.1) is 17.3 Å². The van der Waals surface area contributed by atoms with Crippen LogP contribution in [0.15, 0.2) is 24.3 Å². The molecule has 7 nitrogen and oxygen atoms in total. The smallest absolute Gasteiger partial charge is 0.270 e. The highest BCUT2D eigenvalue weighted by Crippen LogP contribution is 2.59. The number of aromatic amines is 1. The number of nitrogens with one attached hydrogen (secondary N) is 1. The van der Waals surface area contributed by atoms with Gasteiger partial charge < -0.3 is 4.98 Å². The molecule has 1 aliphatic heterocycles. The van der Waals surface area contributed by atoms with Crippen molar-refractivity contribution in [1.82, 2.24) is 19.9 Å². The van der Waals surface area contributed by atoms with Gasteiger partial charge >= 0.3 is 0 Å². The van der Waals surface area contributed by atoms with Crippen molar-refractivity contribution < 1.29 is 14.8 Å². The highest BCUT2D eigenvalue weighted by Gasteiger charge is 2.56. The molecule has 5 rings (SSSR count). The van der Waals surface area contributed by atoms with E-state index in [0.717, 1.165) is 49.1 Å². The molecule has 3 aliphatic rings. The molecule has 2 saturated carbocycles. The average molecular weight is 425 g/mol. The number of imide groups is 1. The molecule has 2 aromatic rings. The van der Waals surface area contributed by atoms with Crippen molar-refractivity contribution in [3.63, 3.8) is 0 Å². The molecule has 1 spiro atoms. The van der Waals surface area contributed by atoms with Gasteiger partial charge in [-0.1, -0.05) is 44.7 Å². The van der Waals surface area contributed by atoms with Gasteiger partial charge in [0.05, 0.1) is 23.1 Å². The van der Waals surface area contributed by atoms with Gasteiger partial charge in [-0.15, -0.1) is 0 Å². The van der Waals surface area contributed by atoms with E-state index >= 15 is 0 Å². The fourth-order valence-corrected chi connectivity index (χ4v) is 6.11. The molecule has 2 aliphatic carbocycles. The minimum atomic E-state index is -0.533. The Balaban J connectivity index is 1.48. The second-order valence-electron chi connectivity index (χ2n) is 10.1. The summed E-state index contributed by atoms with van der Waals surface area (Å²) >= 11 is 0. The van der Waals surface area contributed by atoms with Crippen LogP contribution in [0.1, 0.15) is 70.2 Å². The number of rotatable bonds is 7. The number of hydrogen-bond donors (Lipinski definition) is 2. The first-order valence-corrected chi connectivity index (χ1v) is 11.7. The topological polar surface area (TPSA) is 89.5 Å². The van der Waals surface area contributed by atoms with Gasteiger partial charge in [0.2, 0.25) is 6.41 Å². The molecule has 3 atom stereocenters. The van der Waals surface area contributed by atoms with Crippen molar-refractivity contribution in [1.29, 1.82) is 0 Å². The van der Waals surface area contributed by atoms with E-state index in [9.17, 15) is 14.8 Å². The number of H-pyrrole nitrogens is 1. The van der Waals surface area contributed by atoms with Crippen LogP contribution < -0.4 is 0 Å². The number of fused-ring (bicyclic) bond motifs is 1. The van der Waals surface area contributed by atoms with Crippen LogP contribution in [-0.4, -0.2) is 50.0 Å². The fraction of sp³-hybridized carbons (Fsp3) is 0.625. The lowest BCUT2D eigenvalue weighted by Crippen LogP contribution is -2.51. The van der Waals surface area contributed by atoms with Crippen LogP contribution in [0.3, 0.4) is 0 Å². The monoisotopic (exact) mass is 424 g/mol. The second kappa shape index (κ2) is 8.02. The van der Waals surface area contributed by atoms with Crippen LogP contribution >= 0.6 is 0 Å². The van der Waals surface area contributed by atoms with Gasteiger partial charge in [-0.05, 0) is 55.1 Å². The summed E-state index contributed by atoms with van der Waals surface area (Å²) in [5, 5.41) is 10.3. The van der Waals surface area contributed by atoms with Gasteiger partial charge in [0.25, 0.3) is 5.91 Å². The number of carbonyl (C=O) groups is 2. The Hall–Kier alpha value is -2.25. The summed E-state index contributed by atoms with van der Waals surface area (Å²) < 4.78 is 0. The van der Waals surface area contributed by atoms with Gasteiger partial charge in [0, 0.05) is 6.54 Å². The van der Waals surface area contributed by atoms with Crippen LogP contribution in [0.2, 0.25) is 0 Å². The third-order valence-corrected chi connectivity index (χ3v) is 7.88. The van der Waals surface area contributed by atoms with Gasteiger partial charge in [-0.3, -0.25) is 19.7 Å². The zero-order valence-corrected chi connectivity index (χ0v) is 18.2. The number of carbonyl (C=O) groups excluding carboxylic acids is 2. The SMILES string of the molecule is CC(CC1CCCC1)C(C(=O)N(O)C=O)N1CC2(CC2)C[C@H]1c1nc2ccccc2[nH]1. The zero-order valence-electron chi connectivity index (χ0n) is 18.2. The largest absolute Gasteiger partial charge is 0.341 e. The highest BCUT2D eigenvalue weighted by molar-refractivity contribution is 5.89. The van der Waals surface area contributed by atoms with E-state index in [0.29, 0.717) is 5.92 Å². The lowest BCUT2D eigenvalue weighted by Gasteiger charge is -2.36. The summed E-state index contributed by atoms with van der Waals surface area (Å²) in [7, 11) is 0. The molecule has 1 aromatic heterocycles. The van der Waals surface area contributed by atoms with Crippen molar-refractivity contribution in [2.24, 2.45) is 17.3 Å². The molecule has 0 radical (unpaired) electrons. The lowest BCUT2D eigenvalue weighted by molar-refractivity contribution is -0.176. The van der Waals surface area contributed by atoms with E-state index in [2.05, 4.69) is 16.8 Å². The average Bonchev–Trinajstić information content (AvgIpc) is 3.14. The first-order chi connectivity index (χ1) is 15.0. The van der Waals surface area contributed by atoms with Gasteiger partial charge in [-0.2, -0.15) is 5.06 Å². The predicted octanol–water partition coefficient (Wildman–Crippen LogP) is 4.05. The molecule has 0 bridgehead atoms. The van der Waals surface area contributed by atoms with E-state index in [1.54, 1.807) is 0 Å². The number of nitrogens with zero attached hydrogens (tertiary/aromatic N) is 3. The molecule has 166 valence electrons. The van der Waals surface area contributed by atoms with E-state index in [-0.39, 0.29) is 28.8 Å². The molecule has 2 unspecified atom stereocenters. The summed E-state index contributed by atoms with van der Waals surface area (Å²) in [5.74, 6) is 1.03. The number of amides is 2. The standard InChI is InChI=1S/C24H32N4O3/c1-16(12-17-6-2-3-7-17)21(23(30)28(31)15-29)27-14-24(10-11-24)13-20(27)22-25-18-8-4-5-9-19(18)26-22/h4-5,8-9,15-17,20-21,31H,2-3,6-7,10-14H2,1H3,(H,25,26)/t16?,20-,21?/m0/s1. The summed E-state index contributed by atoms with van der Waals surface area (Å²) in [4.78, 5) is 35.1. The van der Waals surface area contributed by atoms with Crippen molar-refractivity contribution in [3.8, 4) is 0 Å². The first-order valence-electron chi connectivity index (χ1n) is 11.7. The zero-order chi connectivity index (χ0) is 21.6. The van der Waals surface area contributed by atoms with Crippen LogP contribution in [-0.2, 0) is 9.59 Å². The maximum Gasteiger partial charge on any atom is 0.270 e. The Labute approximate surface area is 182 Å². The molecule has 2 heterocycles. The molecule has 1 saturated heterocycles. The van der Waals surface area contributed by atoms with Crippen molar-refractivity contribution in [3.05, 3.63) is 30.1 Å². The summed E-state index contributed by atoms with van der Waals surface area (Å²) in [6, 6.07) is 7.43. The van der Waals surface area contributed by atoms with Gasteiger partial charge in [0.15, 0.2) is 0 Å². The van der Waals surface area contributed by atoms with Gasteiger partial charge in [-0.25, -0.2) is 4.98 Å². The van der Waals surface area contributed by atoms with Crippen LogP contribution in [0.25, 0.3) is 11.0 Å². The number of benzene rings is 1. The van der Waals surface area contributed by atoms with E-state index in [4.69, 9.17) is 4.98 Å². The normalized spacial score (nSPS) is 25.2. The third-order valence-electron chi connectivity index (χ3n) is 7.88. The maximum absolute atomic E-state index is 13.2. The van der Waals surface area contributed by atoms with Crippen LogP contribution in [0.5, 0.6) is 0 Å². The Morgan fingerprint density at radius 1 is 1.35 bits per heavy atom. The quantitative estimate of drug-likeness (QED) is 0.398. The summed E-state index contributed by atoms with van der Waals surface area (Å²) in [6.45, 7) is 2.92. The molecule has 1 aromatic carbocycles. The fourth-order valence-electron chi connectivity index (χ4n) is 6.11. The van der Waals surface area contributed by atoms with E-state index in [1.165, 1.54) is 25.7 Å². The number of hydrogen-bond acceptors (Lipinski definition) is 5. The number of aromatic nitrogens is 2. The predicted molar refractivity (Wildman–Crippen MR) is 116 cm³/mol. The Morgan fingerprint density at radius 3 is 2.77 bits per heavy atom. The Bertz CT molecular complexity index is 930. The molecule has 7 heteroatoms. The molecule has 3 fully saturated rings. The minimum Gasteiger partial charge on any atom is -0.341 e. The molecular weight excluding hydrogens is 392 g/mol. The van der Waals surface area contributed by atoms with Crippen molar-refractivity contribution in [2.75, 3.05) is 6.54 Å². The van der Waals surface area contributed by atoms with Crippen LogP contribution in [0.4, 0.5) is 0 Å². The summed E-state index contributed by atoms with van der Waals surface area (Å²) in [5.41, 5.74) is 2.15. The number of hydroxylamine groups is 2. The van der Waals surface area contributed by atoms with E-state index in [1.807, 2.05) is 24.3 Å². The Morgan fingerprint density at radius 2 is 2.10 bits per heavy atom. The highest BCUT2D eigenvalue weighted by atomic mass is 16.5. The second-order valence-corrected chi connectivity index (χ2v) is 10.1. The number of para-hydroxylation sites is 2. The Kier molecular flexibility index (Phi) is 5.34. The number of imidazole rings is 1. The lowest BCUT2D eigenvalue weighted by atomic mass is 9.87. The number of likely N-dealkylation sites (tertiary alicyclic amines) is 1. The molecule has 31 heavy (non-hydrogen) atoms. The van der Waals surface area contributed by atoms with E-state index < -0.39 is 11.9 Å². The third kappa shape index (κ3) is 3.89. The molecular formula is C24H32N4O3. The van der Waals surface area contributed by atoms with Crippen molar-refractivity contribution >= 4 is 23.4 Å². The summed E-state index contributed by atoms with van der Waals surface area (Å²) in [6.07, 6.45) is 9.37. The maximum atomic E-state index is 13.2. The molecule has 2 amide bonds. The minimum absolute atomic E-state index is 0.0186. The van der Waals surface area contributed by atoms with Crippen molar-refractivity contribution in [2.45, 2.75) is 70.4 Å².